The highest BCUT2D eigenvalue weighted by Crippen LogP contribution is 2.28. The highest BCUT2D eigenvalue weighted by Gasteiger charge is 2.23. The molecule has 102 valence electrons. The third-order valence-electron chi connectivity index (χ3n) is 3.93. The van der Waals surface area contributed by atoms with Gasteiger partial charge in [-0.25, -0.2) is 0 Å². The molecule has 2 unspecified atom stereocenters. The average molecular weight is 275 g/mol. The number of likely N-dealkylation sites (tertiary alicyclic amines) is 1. The van der Waals surface area contributed by atoms with Crippen molar-refractivity contribution in [3.8, 4) is 6.07 Å². The Morgan fingerprint density at radius 2 is 2.26 bits per heavy atom. The minimum Gasteiger partial charge on any atom is -0.381 e. The number of benzene rings is 1. The van der Waals surface area contributed by atoms with Crippen molar-refractivity contribution in [1.82, 2.24) is 4.90 Å². The number of thioether (sulfide) groups is 1. The van der Waals surface area contributed by atoms with Crippen LogP contribution >= 0.6 is 11.8 Å². The summed E-state index contributed by atoms with van der Waals surface area (Å²) in [4.78, 5) is 3.44. The van der Waals surface area contributed by atoms with Crippen LogP contribution in [0.1, 0.15) is 25.3 Å². The standard InChI is InChI=1S/C15H21N3S/c1-11-9-12(7-8-18(11)2)17-14-5-4-6-15(19-3)13(14)10-16/h4-6,11-12,17H,7-9H2,1-3H3. The Morgan fingerprint density at radius 1 is 1.47 bits per heavy atom. The molecule has 2 atom stereocenters. The van der Waals surface area contributed by atoms with Crippen LogP contribution in [0.5, 0.6) is 0 Å². The van der Waals surface area contributed by atoms with E-state index in [-0.39, 0.29) is 0 Å². The van der Waals surface area contributed by atoms with E-state index in [9.17, 15) is 5.26 Å². The Kier molecular flexibility index (Phi) is 4.73. The molecule has 1 aliphatic heterocycles. The molecule has 4 heteroatoms. The summed E-state index contributed by atoms with van der Waals surface area (Å²) in [7, 11) is 2.18. The van der Waals surface area contributed by atoms with E-state index < -0.39 is 0 Å². The van der Waals surface area contributed by atoms with Crippen LogP contribution in [0.15, 0.2) is 23.1 Å². The summed E-state index contributed by atoms with van der Waals surface area (Å²) in [5, 5.41) is 12.9. The minimum atomic E-state index is 0.468. The molecule has 0 spiro atoms. The van der Waals surface area contributed by atoms with Gasteiger partial charge >= 0.3 is 0 Å². The molecule has 0 aliphatic carbocycles. The van der Waals surface area contributed by atoms with E-state index in [0.29, 0.717) is 12.1 Å². The van der Waals surface area contributed by atoms with Crippen LogP contribution in [0, 0.1) is 11.3 Å². The molecule has 1 aromatic rings. The first kappa shape index (κ1) is 14.2. The highest BCUT2D eigenvalue weighted by atomic mass is 32.2. The number of hydrogen-bond acceptors (Lipinski definition) is 4. The molecule has 19 heavy (non-hydrogen) atoms. The van der Waals surface area contributed by atoms with Crippen LogP contribution in [-0.4, -0.2) is 36.8 Å². The van der Waals surface area contributed by atoms with E-state index in [1.807, 2.05) is 24.5 Å². The molecule has 1 heterocycles. The van der Waals surface area contributed by atoms with E-state index in [1.54, 1.807) is 11.8 Å². The summed E-state index contributed by atoms with van der Waals surface area (Å²) in [6.07, 6.45) is 4.28. The maximum absolute atomic E-state index is 9.34. The second-order valence-electron chi connectivity index (χ2n) is 5.19. The molecule has 1 N–H and O–H groups in total. The van der Waals surface area contributed by atoms with Crippen LogP contribution < -0.4 is 5.32 Å². The van der Waals surface area contributed by atoms with Crippen molar-refractivity contribution in [3.05, 3.63) is 23.8 Å². The predicted octanol–water partition coefficient (Wildman–Crippen LogP) is 3.17. The average Bonchev–Trinajstić information content (AvgIpc) is 2.42. The van der Waals surface area contributed by atoms with Crippen molar-refractivity contribution < 1.29 is 0 Å². The molecule has 0 bridgehead atoms. The highest BCUT2D eigenvalue weighted by molar-refractivity contribution is 7.98. The number of nitrogens with zero attached hydrogens (tertiary/aromatic N) is 2. The lowest BCUT2D eigenvalue weighted by atomic mass is 9.98. The summed E-state index contributed by atoms with van der Waals surface area (Å²) < 4.78 is 0. The van der Waals surface area contributed by atoms with Crippen molar-refractivity contribution in [2.75, 3.05) is 25.2 Å². The van der Waals surface area contributed by atoms with Gasteiger partial charge in [-0.15, -0.1) is 11.8 Å². The van der Waals surface area contributed by atoms with Gasteiger partial charge in [-0.3, -0.25) is 0 Å². The van der Waals surface area contributed by atoms with Gasteiger partial charge in [0.2, 0.25) is 0 Å². The Hall–Kier alpha value is -1.18. The fourth-order valence-corrected chi connectivity index (χ4v) is 3.15. The van der Waals surface area contributed by atoms with Crippen molar-refractivity contribution in [2.45, 2.75) is 36.7 Å². The maximum atomic E-state index is 9.34. The summed E-state index contributed by atoms with van der Waals surface area (Å²) in [5.74, 6) is 0. The predicted molar refractivity (Wildman–Crippen MR) is 81.7 cm³/mol. The first-order valence-corrected chi connectivity index (χ1v) is 7.92. The Balaban J connectivity index is 2.14. The number of nitriles is 1. The third kappa shape index (κ3) is 3.23. The second-order valence-corrected chi connectivity index (χ2v) is 6.04. The summed E-state index contributed by atoms with van der Waals surface area (Å²) in [6, 6.07) is 9.44. The van der Waals surface area contributed by atoms with Gasteiger partial charge in [0, 0.05) is 23.5 Å². The second kappa shape index (κ2) is 6.31. The van der Waals surface area contributed by atoms with Gasteiger partial charge in [0.1, 0.15) is 6.07 Å². The zero-order valence-electron chi connectivity index (χ0n) is 11.8. The molecule has 3 nitrogen and oxygen atoms in total. The van der Waals surface area contributed by atoms with Crippen LogP contribution in [0.25, 0.3) is 0 Å². The van der Waals surface area contributed by atoms with Gasteiger partial charge in [-0.1, -0.05) is 6.07 Å². The molecule has 1 fully saturated rings. The van der Waals surface area contributed by atoms with Gasteiger partial charge in [0.05, 0.1) is 11.3 Å². The molecule has 1 saturated heterocycles. The topological polar surface area (TPSA) is 39.1 Å². The van der Waals surface area contributed by atoms with Crippen LogP contribution in [-0.2, 0) is 0 Å². The van der Waals surface area contributed by atoms with Crippen molar-refractivity contribution in [1.29, 1.82) is 5.26 Å². The number of piperidine rings is 1. The van der Waals surface area contributed by atoms with Gasteiger partial charge in [-0.2, -0.15) is 5.26 Å². The Bertz CT molecular complexity index is 481. The largest absolute Gasteiger partial charge is 0.381 e. The smallest absolute Gasteiger partial charge is 0.102 e. The van der Waals surface area contributed by atoms with E-state index in [2.05, 4.69) is 30.3 Å². The van der Waals surface area contributed by atoms with Crippen LogP contribution in [0.2, 0.25) is 0 Å². The molecule has 0 radical (unpaired) electrons. The molecular formula is C15H21N3S. The lowest BCUT2D eigenvalue weighted by Crippen LogP contribution is -2.42. The van der Waals surface area contributed by atoms with E-state index >= 15 is 0 Å². The summed E-state index contributed by atoms with van der Waals surface area (Å²) in [6.45, 7) is 3.38. The zero-order chi connectivity index (χ0) is 13.8. The summed E-state index contributed by atoms with van der Waals surface area (Å²) >= 11 is 1.63. The SMILES string of the molecule is CSc1cccc(NC2CCN(C)C(C)C2)c1C#N. The fourth-order valence-electron chi connectivity index (χ4n) is 2.58. The van der Waals surface area contributed by atoms with Gasteiger partial charge < -0.3 is 10.2 Å². The molecular weight excluding hydrogens is 254 g/mol. The minimum absolute atomic E-state index is 0.468. The molecule has 0 amide bonds. The third-order valence-corrected chi connectivity index (χ3v) is 4.71. The lowest BCUT2D eigenvalue weighted by molar-refractivity contribution is 0.190. The maximum Gasteiger partial charge on any atom is 0.102 e. The van der Waals surface area contributed by atoms with Crippen LogP contribution in [0.3, 0.4) is 0 Å². The first-order valence-electron chi connectivity index (χ1n) is 6.69. The molecule has 0 saturated carbocycles. The Morgan fingerprint density at radius 3 is 2.89 bits per heavy atom. The van der Waals surface area contributed by atoms with Gasteiger partial charge in [0.25, 0.3) is 0 Å². The van der Waals surface area contributed by atoms with Crippen molar-refractivity contribution >= 4 is 17.4 Å². The monoisotopic (exact) mass is 275 g/mol. The van der Waals surface area contributed by atoms with E-state index in [4.69, 9.17) is 0 Å². The van der Waals surface area contributed by atoms with Gasteiger partial charge in [-0.05, 0) is 45.2 Å². The molecule has 2 rings (SSSR count). The van der Waals surface area contributed by atoms with Gasteiger partial charge in [0.15, 0.2) is 0 Å². The normalized spacial score (nSPS) is 23.9. The lowest BCUT2D eigenvalue weighted by Gasteiger charge is -2.36. The zero-order valence-corrected chi connectivity index (χ0v) is 12.6. The Labute approximate surface area is 120 Å². The number of rotatable bonds is 3. The molecule has 1 aliphatic rings. The number of anilines is 1. The quantitative estimate of drug-likeness (QED) is 0.860. The van der Waals surface area contributed by atoms with E-state index in [0.717, 1.165) is 35.5 Å². The van der Waals surface area contributed by atoms with E-state index in [1.165, 1.54) is 0 Å². The van der Waals surface area contributed by atoms with Crippen molar-refractivity contribution in [3.63, 3.8) is 0 Å². The molecule has 0 aromatic heterocycles. The molecule has 1 aromatic carbocycles. The summed E-state index contributed by atoms with van der Waals surface area (Å²) in [5.41, 5.74) is 1.76. The fraction of sp³-hybridized carbons (Fsp3) is 0.533. The number of hydrogen-bond donors (Lipinski definition) is 1. The van der Waals surface area contributed by atoms with Crippen LogP contribution in [0.4, 0.5) is 5.69 Å². The number of nitrogens with one attached hydrogen (secondary N) is 1. The van der Waals surface area contributed by atoms with Crippen molar-refractivity contribution in [2.24, 2.45) is 0 Å². The first-order chi connectivity index (χ1) is 9.15.